The van der Waals surface area contributed by atoms with Crippen molar-refractivity contribution in [3.8, 4) is 0 Å². The Morgan fingerprint density at radius 2 is 2.33 bits per heavy atom. The maximum atomic E-state index is 5.76. The van der Waals surface area contributed by atoms with E-state index in [2.05, 4.69) is 10.3 Å². The van der Waals surface area contributed by atoms with Crippen LogP contribution in [0.25, 0.3) is 0 Å². The quantitative estimate of drug-likeness (QED) is 0.742. The van der Waals surface area contributed by atoms with Crippen molar-refractivity contribution >= 4 is 11.4 Å². The molecular formula is C11H14N4. The molecule has 0 saturated carbocycles. The first kappa shape index (κ1) is 9.58. The van der Waals surface area contributed by atoms with Gasteiger partial charge in [0, 0.05) is 30.8 Å². The van der Waals surface area contributed by atoms with E-state index in [0.717, 1.165) is 23.5 Å². The van der Waals surface area contributed by atoms with E-state index in [-0.39, 0.29) is 0 Å². The Labute approximate surface area is 88.7 Å². The molecule has 2 aromatic rings. The second kappa shape index (κ2) is 4.04. The number of anilines is 2. The van der Waals surface area contributed by atoms with Gasteiger partial charge in [0.1, 0.15) is 0 Å². The number of hydrogen-bond acceptors (Lipinski definition) is 3. The molecule has 0 radical (unpaired) electrons. The van der Waals surface area contributed by atoms with Crippen molar-refractivity contribution in [2.24, 2.45) is 0 Å². The number of imidazole rings is 1. The lowest BCUT2D eigenvalue weighted by molar-refractivity contribution is 0.799. The monoisotopic (exact) mass is 202 g/mol. The summed E-state index contributed by atoms with van der Waals surface area (Å²) >= 11 is 0. The number of rotatable bonds is 3. The highest BCUT2D eigenvalue weighted by Crippen LogP contribution is 2.19. The van der Waals surface area contributed by atoms with E-state index in [1.54, 1.807) is 12.5 Å². The third-order valence-electron chi connectivity index (χ3n) is 2.31. The van der Waals surface area contributed by atoms with E-state index in [0.29, 0.717) is 0 Å². The van der Waals surface area contributed by atoms with Crippen molar-refractivity contribution in [3.05, 3.63) is 42.5 Å². The first-order valence-corrected chi connectivity index (χ1v) is 4.81. The van der Waals surface area contributed by atoms with Crippen molar-refractivity contribution in [1.82, 2.24) is 9.55 Å². The number of nitrogens with zero attached hydrogens (tertiary/aromatic N) is 2. The number of nitrogens with one attached hydrogen (secondary N) is 1. The first-order valence-electron chi connectivity index (χ1n) is 4.81. The Bertz CT molecular complexity index is 434. The van der Waals surface area contributed by atoms with Crippen LogP contribution >= 0.6 is 0 Å². The Morgan fingerprint density at radius 1 is 1.47 bits per heavy atom. The molecule has 78 valence electrons. The van der Waals surface area contributed by atoms with E-state index >= 15 is 0 Å². The standard InChI is InChI=1S/C11H14N4/c1-13-11-3-2-10(12)6-9(11)7-15-5-4-14-8-15/h2-6,8,13H,7,12H2,1H3. The van der Waals surface area contributed by atoms with Gasteiger partial charge >= 0.3 is 0 Å². The highest BCUT2D eigenvalue weighted by molar-refractivity contribution is 5.57. The van der Waals surface area contributed by atoms with Crippen LogP contribution in [0.1, 0.15) is 5.56 Å². The van der Waals surface area contributed by atoms with E-state index in [1.165, 1.54) is 0 Å². The molecule has 0 aliphatic heterocycles. The molecule has 4 nitrogen and oxygen atoms in total. The van der Waals surface area contributed by atoms with E-state index in [1.807, 2.05) is 36.0 Å². The Balaban J connectivity index is 2.30. The lowest BCUT2D eigenvalue weighted by Crippen LogP contribution is -2.02. The molecule has 0 aliphatic carbocycles. The van der Waals surface area contributed by atoms with Gasteiger partial charge in [-0.05, 0) is 23.8 Å². The van der Waals surface area contributed by atoms with Gasteiger partial charge in [0.05, 0.1) is 12.9 Å². The summed E-state index contributed by atoms with van der Waals surface area (Å²) in [5.74, 6) is 0. The molecule has 3 N–H and O–H groups in total. The lowest BCUT2D eigenvalue weighted by Gasteiger charge is -2.10. The zero-order valence-corrected chi connectivity index (χ0v) is 8.64. The molecule has 0 saturated heterocycles. The summed E-state index contributed by atoms with van der Waals surface area (Å²) in [6, 6.07) is 5.86. The van der Waals surface area contributed by atoms with Crippen LogP contribution < -0.4 is 11.1 Å². The molecule has 0 unspecified atom stereocenters. The van der Waals surface area contributed by atoms with Crippen molar-refractivity contribution < 1.29 is 0 Å². The van der Waals surface area contributed by atoms with Gasteiger partial charge in [-0.15, -0.1) is 0 Å². The summed E-state index contributed by atoms with van der Waals surface area (Å²) in [7, 11) is 1.91. The fourth-order valence-corrected chi connectivity index (χ4v) is 1.57. The minimum atomic E-state index is 0.779. The molecule has 0 spiro atoms. The van der Waals surface area contributed by atoms with Gasteiger partial charge < -0.3 is 15.6 Å². The van der Waals surface area contributed by atoms with Crippen LogP contribution in [0, 0.1) is 0 Å². The van der Waals surface area contributed by atoms with Gasteiger partial charge in [-0.1, -0.05) is 0 Å². The Kier molecular flexibility index (Phi) is 2.58. The summed E-state index contributed by atoms with van der Waals surface area (Å²) < 4.78 is 2.01. The van der Waals surface area contributed by atoms with Crippen LogP contribution in [-0.2, 0) is 6.54 Å². The van der Waals surface area contributed by atoms with E-state index in [9.17, 15) is 0 Å². The average Bonchev–Trinajstić information content (AvgIpc) is 2.71. The van der Waals surface area contributed by atoms with Crippen molar-refractivity contribution in [3.63, 3.8) is 0 Å². The molecule has 15 heavy (non-hydrogen) atoms. The minimum absolute atomic E-state index is 0.779. The second-order valence-corrected chi connectivity index (χ2v) is 3.40. The summed E-state index contributed by atoms with van der Waals surface area (Å²) in [4.78, 5) is 4.01. The van der Waals surface area contributed by atoms with Gasteiger partial charge in [-0.3, -0.25) is 0 Å². The molecule has 1 aromatic carbocycles. The van der Waals surface area contributed by atoms with Crippen LogP contribution in [-0.4, -0.2) is 16.6 Å². The van der Waals surface area contributed by atoms with Crippen LogP contribution in [0.5, 0.6) is 0 Å². The van der Waals surface area contributed by atoms with Crippen molar-refractivity contribution in [2.75, 3.05) is 18.1 Å². The topological polar surface area (TPSA) is 55.9 Å². The largest absolute Gasteiger partial charge is 0.399 e. The number of nitrogen functional groups attached to an aromatic ring is 1. The van der Waals surface area contributed by atoms with Crippen LogP contribution in [0.15, 0.2) is 36.9 Å². The molecule has 0 fully saturated rings. The molecule has 4 heteroatoms. The molecule has 0 atom stereocenters. The lowest BCUT2D eigenvalue weighted by atomic mass is 10.1. The Hall–Kier alpha value is -1.97. The minimum Gasteiger partial charge on any atom is -0.399 e. The molecule has 0 amide bonds. The van der Waals surface area contributed by atoms with E-state index in [4.69, 9.17) is 5.73 Å². The summed E-state index contributed by atoms with van der Waals surface area (Å²) in [5.41, 5.74) is 8.80. The highest BCUT2D eigenvalue weighted by atomic mass is 15.0. The third kappa shape index (κ3) is 2.10. The molecule has 0 aliphatic rings. The van der Waals surface area contributed by atoms with E-state index < -0.39 is 0 Å². The van der Waals surface area contributed by atoms with Gasteiger partial charge in [-0.25, -0.2) is 4.98 Å². The van der Waals surface area contributed by atoms with Gasteiger partial charge in [-0.2, -0.15) is 0 Å². The normalized spacial score (nSPS) is 10.2. The van der Waals surface area contributed by atoms with Crippen molar-refractivity contribution in [1.29, 1.82) is 0 Å². The zero-order valence-electron chi connectivity index (χ0n) is 8.64. The maximum absolute atomic E-state index is 5.76. The van der Waals surface area contributed by atoms with Gasteiger partial charge in [0.25, 0.3) is 0 Å². The predicted molar refractivity (Wildman–Crippen MR) is 61.7 cm³/mol. The molecular weight excluding hydrogens is 188 g/mol. The predicted octanol–water partition coefficient (Wildman–Crippen LogP) is 1.56. The van der Waals surface area contributed by atoms with Crippen LogP contribution in [0.4, 0.5) is 11.4 Å². The SMILES string of the molecule is CNc1ccc(N)cc1Cn1ccnc1. The second-order valence-electron chi connectivity index (χ2n) is 3.40. The molecule has 2 rings (SSSR count). The maximum Gasteiger partial charge on any atom is 0.0949 e. The van der Waals surface area contributed by atoms with Gasteiger partial charge in [0.15, 0.2) is 0 Å². The molecule has 1 aromatic heterocycles. The summed E-state index contributed by atoms with van der Waals surface area (Å²) in [6.07, 6.45) is 5.50. The van der Waals surface area contributed by atoms with Gasteiger partial charge in [0.2, 0.25) is 0 Å². The molecule has 1 heterocycles. The fourth-order valence-electron chi connectivity index (χ4n) is 1.57. The number of nitrogens with two attached hydrogens (primary N) is 1. The third-order valence-corrected chi connectivity index (χ3v) is 2.31. The number of hydrogen-bond donors (Lipinski definition) is 2. The Morgan fingerprint density at radius 3 is 3.00 bits per heavy atom. The number of aromatic nitrogens is 2. The van der Waals surface area contributed by atoms with Crippen molar-refractivity contribution in [2.45, 2.75) is 6.54 Å². The average molecular weight is 202 g/mol. The van der Waals surface area contributed by atoms with Crippen LogP contribution in [0.3, 0.4) is 0 Å². The number of benzene rings is 1. The van der Waals surface area contributed by atoms with Crippen LogP contribution in [0.2, 0.25) is 0 Å². The summed E-state index contributed by atoms with van der Waals surface area (Å²) in [6.45, 7) is 0.779. The summed E-state index contributed by atoms with van der Waals surface area (Å²) in [5, 5.41) is 3.15. The molecule has 0 bridgehead atoms. The highest BCUT2D eigenvalue weighted by Gasteiger charge is 2.02. The fraction of sp³-hybridized carbons (Fsp3) is 0.182. The zero-order chi connectivity index (χ0) is 10.7. The first-order chi connectivity index (χ1) is 7.29. The smallest absolute Gasteiger partial charge is 0.0949 e.